The first kappa shape index (κ1) is 31.2. The molecule has 1 fully saturated rings. The molecule has 10 nitrogen and oxygen atoms in total. The number of carbonyl (C=O) groups excluding carboxylic acids is 5. The Bertz CT molecular complexity index is 1540. The minimum absolute atomic E-state index is 0.0902. The number of fused-ring (bicyclic) bond motifs is 1. The van der Waals surface area contributed by atoms with E-state index < -0.39 is 71.5 Å². The standard InChI is InChI=1S/C32H28ClNO9S/c1-2-32(44)27(34-28(36)21-15-9-10-16-22(21)29(34)37)26(42-31(39)20-13-7-4-8-14-20)25(23(43-32)18-40-24(35)17-33)41-30(38)19-11-5-3-6-12-19/h3-16,23,25-27,44H,2,17-18H2,1H3/t23-,25-,26+,27-,32+/m1/s1. The fourth-order valence-corrected chi connectivity index (χ4v) is 5.77. The highest BCUT2D eigenvalue weighted by Crippen LogP contribution is 2.44. The molecule has 0 radical (unpaired) electrons. The Labute approximate surface area is 263 Å². The van der Waals surface area contributed by atoms with E-state index in [9.17, 15) is 24.0 Å². The summed E-state index contributed by atoms with van der Waals surface area (Å²) in [4.78, 5) is 65.9. The number of imide groups is 1. The maximum atomic E-state index is 13.8. The number of hydrogen-bond donors (Lipinski definition) is 1. The molecule has 0 spiro atoms. The van der Waals surface area contributed by atoms with Crippen LogP contribution in [0.15, 0.2) is 84.9 Å². The minimum atomic E-state index is -1.65. The zero-order chi connectivity index (χ0) is 31.4. The molecular formula is C32H28ClNO9S. The fraction of sp³-hybridized carbons (Fsp3) is 0.281. The van der Waals surface area contributed by atoms with Crippen LogP contribution in [0.5, 0.6) is 0 Å². The summed E-state index contributed by atoms with van der Waals surface area (Å²) in [7, 11) is 0. The number of thiol groups is 1. The minimum Gasteiger partial charge on any atom is -0.462 e. The van der Waals surface area contributed by atoms with Crippen molar-refractivity contribution in [2.75, 3.05) is 12.5 Å². The van der Waals surface area contributed by atoms with Crippen molar-refractivity contribution >= 4 is 54.0 Å². The highest BCUT2D eigenvalue weighted by atomic mass is 35.5. The average Bonchev–Trinajstić information content (AvgIpc) is 3.30. The number of hydrogen-bond acceptors (Lipinski definition) is 10. The van der Waals surface area contributed by atoms with Gasteiger partial charge in [0.05, 0.1) is 22.3 Å². The van der Waals surface area contributed by atoms with Crippen LogP contribution in [-0.4, -0.2) is 76.4 Å². The molecule has 3 aromatic carbocycles. The third-order valence-corrected chi connectivity index (χ3v) is 8.36. The molecule has 44 heavy (non-hydrogen) atoms. The third-order valence-electron chi connectivity index (χ3n) is 7.45. The second-order valence-corrected chi connectivity index (χ2v) is 11.1. The lowest BCUT2D eigenvalue weighted by molar-refractivity contribution is -0.221. The van der Waals surface area contributed by atoms with Crippen LogP contribution in [-0.2, 0) is 23.7 Å². The van der Waals surface area contributed by atoms with E-state index in [4.69, 9.17) is 43.2 Å². The molecule has 0 saturated carbocycles. The molecule has 2 amide bonds. The van der Waals surface area contributed by atoms with Crippen LogP contribution in [0.1, 0.15) is 54.8 Å². The number of alkyl halides is 1. The summed E-state index contributed by atoms with van der Waals surface area (Å²) in [5, 5.41) is 0. The molecule has 5 rings (SSSR count). The summed E-state index contributed by atoms with van der Waals surface area (Å²) in [5.74, 6) is -4.17. The van der Waals surface area contributed by atoms with Gasteiger partial charge < -0.3 is 18.9 Å². The average molecular weight is 638 g/mol. The van der Waals surface area contributed by atoms with Crippen molar-refractivity contribution in [3.05, 3.63) is 107 Å². The van der Waals surface area contributed by atoms with Gasteiger partial charge in [-0.2, -0.15) is 0 Å². The summed E-state index contributed by atoms with van der Waals surface area (Å²) in [5.41, 5.74) is 0.633. The normalized spacial score (nSPS) is 24.4. The molecule has 1 saturated heterocycles. The number of carbonyl (C=O) groups is 5. The van der Waals surface area contributed by atoms with Crippen molar-refractivity contribution in [2.24, 2.45) is 0 Å². The number of esters is 3. The zero-order valence-electron chi connectivity index (χ0n) is 23.5. The first-order valence-electron chi connectivity index (χ1n) is 13.8. The molecule has 0 unspecified atom stereocenters. The van der Waals surface area contributed by atoms with Crippen LogP contribution in [0.25, 0.3) is 0 Å². The van der Waals surface area contributed by atoms with E-state index in [-0.39, 0.29) is 28.7 Å². The van der Waals surface area contributed by atoms with Crippen molar-refractivity contribution in [3.63, 3.8) is 0 Å². The molecule has 0 N–H and O–H groups in total. The Balaban J connectivity index is 1.63. The lowest BCUT2D eigenvalue weighted by Crippen LogP contribution is -2.70. The molecule has 2 heterocycles. The summed E-state index contributed by atoms with van der Waals surface area (Å²) in [6, 6.07) is 21.0. The van der Waals surface area contributed by atoms with Crippen LogP contribution in [0, 0.1) is 0 Å². The first-order chi connectivity index (χ1) is 21.2. The van der Waals surface area contributed by atoms with Gasteiger partial charge in [0.25, 0.3) is 11.8 Å². The van der Waals surface area contributed by atoms with Gasteiger partial charge >= 0.3 is 17.9 Å². The smallest absolute Gasteiger partial charge is 0.338 e. The fourth-order valence-electron chi connectivity index (χ4n) is 5.30. The predicted octanol–water partition coefficient (Wildman–Crippen LogP) is 4.32. The van der Waals surface area contributed by atoms with Crippen molar-refractivity contribution < 1.29 is 42.9 Å². The van der Waals surface area contributed by atoms with E-state index in [1.165, 1.54) is 36.4 Å². The van der Waals surface area contributed by atoms with Gasteiger partial charge in [0.1, 0.15) is 29.6 Å². The van der Waals surface area contributed by atoms with Crippen LogP contribution >= 0.6 is 24.2 Å². The largest absolute Gasteiger partial charge is 0.462 e. The maximum absolute atomic E-state index is 13.8. The Morgan fingerprint density at radius 2 is 1.30 bits per heavy atom. The highest BCUT2D eigenvalue weighted by Gasteiger charge is 2.61. The summed E-state index contributed by atoms with van der Waals surface area (Å²) in [6.07, 6.45) is -4.14. The predicted molar refractivity (Wildman–Crippen MR) is 161 cm³/mol. The van der Waals surface area contributed by atoms with E-state index in [1.807, 2.05) is 0 Å². The van der Waals surface area contributed by atoms with Gasteiger partial charge in [0.15, 0.2) is 12.2 Å². The third kappa shape index (κ3) is 6.08. The van der Waals surface area contributed by atoms with Gasteiger partial charge in [-0.1, -0.05) is 55.5 Å². The molecule has 228 valence electrons. The number of rotatable bonds is 9. The number of halogens is 1. The van der Waals surface area contributed by atoms with Crippen molar-refractivity contribution in [2.45, 2.75) is 42.6 Å². The van der Waals surface area contributed by atoms with Gasteiger partial charge in [-0.25, -0.2) is 9.59 Å². The number of ether oxygens (including phenoxy) is 4. The van der Waals surface area contributed by atoms with Crippen LogP contribution in [0.2, 0.25) is 0 Å². The molecular weight excluding hydrogens is 610 g/mol. The lowest BCUT2D eigenvalue weighted by atomic mass is 9.88. The number of benzene rings is 3. The van der Waals surface area contributed by atoms with Crippen molar-refractivity contribution in [3.8, 4) is 0 Å². The summed E-state index contributed by atoms with van der Waals surface area (Å²) < 4.78 is 23.6. The second kappa shape index (κ2) is 13.2. The molecule has 5 atom stereocenters. The van der Waals surface area contributed by atoms with Crippen LogP contribution in [0.3, 0.4) is 0 Å². The molecule has 0 aromatic heterocycles. The molecule has 3 aromatic rings. The molecule has 0 aliphatic carbocycles. The lowest BCUT2D eigenvalue weighted by Gasteiger charge is -2.52. The Hall–Kier alpha value is -4.19. The zero-order valence-corrected chi connectivity index (χ0v) is 25.1. The van der Waals surface area contributed by atoms with E-state index in [0.29, 0.717) is 0 Å². The number of nitrogens with zero attached hydrogens (tertiary/aromatic N) is 1. The Morgan fingerprint density at radius 1 is 0.818 bits per heavy atom. The second-order valence-electron chi connectivity index (χ2n) is 10.1. The maximum Gasteiger partial charge on any atom is 0.338 e. The molecule has 12 heteroatoms. The van der Waals surface area contributed by atoms with E-state index >= 15 is 0 Å². The summed E-state index contributed by atoms with van der Waals surface area (Å²) >= 11 is 10.4. The quantitative estimate of drug-likeness (QED) is 0.120. The van der Waals surface area contributed by atoms with Crippen molar-refractivity contribution in [1.82, 2.24) is 4.90 Å². The van der Waals surface area contributed by atoms with Crippen molar-refractivity contribution in [1.29, 1.82) is 0 Å². The van der Waals surface area contributed by atoms with E-state index in [1.54, 1.807) is 55.5 Å². The van der Waals surface area contributed by atoms with Crippen LogP contribution in [0.4, 0.5) is 0 Å². The van der Waals surface area contributed by atoms with Gasteiger partial charge in [0, 0.05) is 0 Å². The number of amides is 2. The van der Waals surface area contributed by atoms with E-state index in [0.717, 1.165) is 4.90 Å². The molecule has 2 aliphatic rings. The SMILES string of the molecule is CC[C@@]1(S)O[C@H](COC(=O)CCl)[C@@H](OC(=O)c2ccccc2)[C@H](OC(=O)c2ccccc2)[C@H]1N1C(=O)c2ccccc2C1=O. The first-order valence-corrected chi connectivity index (χ1v) is 14.8. The van der Waals surface area contributed by atoms with Gasteiger partial charge in [-0.3, -0.25) is 19.3 Å². The Kier molecular flexibility index (Phi) is 9.38. The summed E-state index contributed by atoms with van der Waals surface area (Å²) in [6.45, 7) is 1.24. The molecule has 0 bridgehead atoms. The monoisotopic (exact) mass is 637 g/mol. The Morgan fingerprint density at radius 3 is 1.77 bits per heavy atom. The van der Waals surface area contributed by atoms with Crippen LogP contribution < -0.4 is 0 Å². The van der Waals surface area contributed by atoms with E-state index in [2.05, 4.69) is 0 Å². The topological polar surface area (TPSA) is 126 Å². The van der Waals surface area contributed by atoms with Gasteiger partial charge in [0.2, 0.25) is 0 Å². The van der Waals surface area contributed by atoms with Gasteiger partial charge in [-0.15, -0.1) is 24.2 Å². The van der Waals surface area contributed by atoms with Gasteiger partial charge in [-0.05, 0) is 42.8 Å². The molecule has 2 aliphatic heterocycles. The highest BCUT2D eigenvalue weighted by molar-refractivity contribution is 7.81.